The van der Waals surface area contributed by atoms with Crippen molar-refractivity contribution < 1.29 is 15.0 Å². The standard InChI is InChI=1S/C16H23NO3/c1-3-16(20,4-2)11-17-9-12-7-5-6-8-13(12)14(10-17)15(18)19/h5-8,14,20H,3-4,9-11H2,1-2H3,(H,18,19). The molecule has 0 saturated heterocycles. The number of hydrogen-bond acceptors (Lipinski definition) is 3. The zero-order valence-corrected chi connectivity index (χ0v) is 12.2. The van der Waals surface area contributed by atoms with Crippen LogP contribution in [0.2, 0.25) is 0 Å². The van der Waals surface area contributed by atoms with E-state index in [9.17, 15) is 15.0 Å². The number of carboxylic acid groups (broad SMARTS) is 1. The number of benzene rings is 1. The van der Waals surface area contributed by atoms with Crippen molar-refractivity contribution >= 4 is 5.97 Å². The Morgan fingerprint density at radius 2 is 2.00 bits per heavy atom. The van der Waals surface area contributed by atoms with Crippen LogP contribution in [-0.4, -0.2) is 39.8 Å². The number of carboxylic acids is 1. The summed E-state index contributed by atoms with van der Waals surface area (Å²) in [4.78, 5) is 13.5. The summed E-state index contributed by atoms with van der Waals surface area (Å²) in [5, 5.41) is 19.9. The molecule has 2 N–H and O–H groups in total. The fourth-order valence-corrected chi connectivity index (χ4v) is 2.90. The van der Waals surface area contributed by atoms with E-state index in [2.05, 4.69) is 4.90 Å². The Kier molecular flexibility index (Phi) is 4.45. The molecule has 20 heavy (non-hydrogen) atoms. The highest BCUT2D eigenvalue weighted by atomic mass is 16.4. The molecular formula is C16H23NO3. The first kappa shape index (κ1) is 15.0. The van der Waals surface area contributed by atoms with Gasteiger partial charge in [-0.2, -0.15) is 0 Å². The van der Waals surface area contributed by atoms with Gasteiger partial charge in [-0.05, 0) is 24.0 Å². The summed E-state index contributed by atoms with van der Waals surface area (Å²) in [7, 11) is 0. The molecule has 2 rings (SSSR count). The van der Waals surface area contributed by atoms with Gasteiger partial charge in [0.1, 0.15) is 0 Å². The third-order valence-electron chi connectivity index (χ3n) is 4.40. The molecule has 0 aliphatic carbocycles. The molecule has 1 aliphatic rings. The van der Waals surface area contributed by atoms with Crippen LogP contribution >= 0.6 is 0 Å². The van der Waals surface area contributed by atoms with Crippen LogP contribution in [-0.2, 0) is 11.3 Å². The Bertz CT molecular complexity index is 482. The van der Waals surface area contributed by atoms with Crippen LogP contribution in [0.1, 0.15) is 43.7 Å². The first-order valence-electron chi connectivity index (χ1n) is 7.24. The fourth-order valence-electron chi connectivity index (χ4n) is 2.90. The molecule has 0 spiro atoms. The van der Waals surface area contributed by atoms with Crippen molar-refractivity contribution in [2.75, 3.05) is 13.1 Å². The average molecular weight is 277 g/mol. The maximum Gasteiger partial charge on any atom is 0.312 e. The molecule has 1 unspecified atom stereocenters. The van der Waals surface area contributed by atoms with E-state index in [1.165, 1.54) is 0 Å². The molecule has 110 valence electrons. The minimum absolute atomic E-state index is 0.467. The van der Waals surface area contributed by atoms with E-state index < -0.39 is 17.5 Å². The smallest absolute Gasteiger partial charge is 0.312 e. The van der Waals surface area contributed by atoms with Gasteiger partial charge in [0.05, 0.1) is 11.5 Å². The maximum atomic E-state index is 11.5. The SMILES string of the molecule is CCC(O)(CC)CN1Cc2ccccc2C(C(=O)O)C1. The normalized spacial score (nSPS) is 19.6. The number of β-amino-alcohol motifs (C(OH)–C–C–N with tert-alkyl or cyclic N) is 1. The second-order valence-corrected chi connectivity index (χ2v) is 5.69. The van der Waals surface area contributed by atoms with Gasteiger partial charge in [0, 0.05) is 19.6 Å². The molecule has 4 nitrogen and oxygen atoms in total. The number of aliphatic hydroxyl groups is 1. The molecule has 1 aliphatic heterocycles. The molecule has 1 heterocycles. The third kappa shape index (κ3) is 3.02. The van der Waals surface area contributed by atoms with Crippen molar-refractivity contribution in [3.63, 3.8) is 0 Å². The van der Waals surface area contributed by atoms with Crippen molar-refractivity contribution in [2.24, 2.45) is 0 Å². The van der Waals surface area contributed by atoms with E-state index in [1.54, 1.807) is 0 Å². The summed E-state index contributed by atoms with van der Waals surface area (Å²) in [5.74, 6) is -1.29. The van der Waals surface area contributed by atoms with Gasteiger partial charge in [-0.25, -0.2) is 0 Å². The lowest BCUT2D eigenvalue weighted by Crippen LogP contribution is -2.46. The van der Waals surface area contributed by atoms with Gasteiger partial charge in [-0.15, -0.1) is 0 Å². The number of rotatable bonds is 5. The van der Waals surface area contributed by atoms with E-state index in [4.69, 9.17) is 0 Å². The predicted molar refractivity (Wildman–Crippen MR) is 77.6 cm³/mol. The Morgan fingerprint density at radius 3 is 2.60 bits per heavy atom. The number of carbonyl (C=O) groups is 1. The van der Waals surface area contributed by atoms with Gasteiger partial charge in [0.15, 0.2) is 0 Å². The summed E-state index contributed by atoms with van der Waals surface area (Å²) < 4.78 is 0. The van der Waals surface area contributed by atoms with Crippen LogP contribution in [0, 0.1) is 0 Å². The number of aliphatic carboxylic acids is 1. The zero-order valence-electron chi connectivity index (χ0n) is 12.2. The molecule has 0 amide bonds. The van der Waals surface area contributed by atoms with E-state index in [0.717, 1.165) is 11.1 Å². The predicted octanol–water partition coefficient (Wildman–Crippen LogP) is 2.22. The minimum atomic E-state index is -0.793. The van der Waals surface area contributed by atoms with E-state index in [-0.39, 0.29) is 0 Å². The first-order chi connectivity index (χ1) is 9.49. The van der Waals surface area contributed by atoms with Crippen LogP contribution in [0.5, 0.6) is 0 Å². The molecule has 0 radical (unpaired) electrons. The third-order valence-corrected chi connectivity index (χ3v) is 4.40. The van der Waals surface area contributed by atoms with Crippen molar-refractivity contribution in [3.05, 3.63) is 35.4 Å². The van der Waals surface area contributed by atoms with Crippen LogP contribution in [0.3, 0.4) is 0 Å². The van der Waals surface area contributed by atoms with E-state index >= 15 is 0 Å². The lowest BCUT2D eigenvalue weighted by atomic mass is 9.88. The van der Waals surface area contributed by atoms with Gasteiger partial charge in [-0.3, -0.25) is 9.69 Å². The van der Waals surface area contributed by atoms with Crippen molar-refractivity contribution in [2.45, 2.75) is 44.8 Å². The van der Waals surface area contributed by atoms with Crippen LogP contribution < -0.4 is 0 Å². The molecule has 1 aromatic carbocycles. The summed E-state index contributed by atoms with van der Waals surface area (Å²) in [5.41, 5.74) is 1.24. The highest BCUT2D eigenvalue weighted by Crippen LogP contribution is 2.30. The van der Waals surface area contributed by atoms with Crippen molar-refractivity contribution in [1.29, 1.82) is 0 Å². The summed E-state index contributed by atoms with van der Waals surface area (Å²) in [6.07, 6.45) is 1.36. The largest absolute Gasteiger partial charge is 0.481 e. The summed E-state index contributed by atoms with van der Waals surface area (Å²) >= 11 is 0. The fraction of sp³-hybridized carbons (Fsp3) is 0.562. The Morgan fingerprint density at radius 1 is 1.35 bits per heavy atom. The highest BCUT2D eigenvalue weighted by Gasteiger charge is 2.33. The van der Waals surface area contributed by atoms with Crippen LogP contribution in [0.15, 0.2) is 24.3 Å². The van der Waals surface area contributed by atoms with Crippen LogP contribution in [0.4, 0.5) is 0 Å². The minimum Gasteiger partial charge on any atom is -0.481 e. The molecule has 0 fully saturated rings. The Labute approximate surface area is 120 Å². The second-order valence-electron chi connectivity index (χ2n) is 5.69. The average Bonchev–Trinajstić information content (AvgIpc) is 2.46. The van der Waals surface area contributed by atoms with E-state index in [1.807, 2.05) is 38.1 Å². The molecule has 0 aromatic heterocycles. The number of nitrogens with zero attached hydrogens (tertiary/aromatic N) is 1. The molecule has 0 saturated carbocycles. The Balaban J connectivity index is 2.22. The lowest BCUT2D eigenvalue weighted by molar-refractivity contribution is -0.140. The summed E-state index contributed by atoms with van der Waals surface area (Å²) in [6.45, 7) is 5.64. The topological polar surface area (TPSA) is 60.8 Å². The molecule has 1 atom stereocenters. The first-order valence-corrected chi connectivity index (χ1v) is 7.24. The van der Waals surface area contributed by atoms with Gasteiger partial charge in [-0.1, -0.05) is 38.1 Å². The van der Waals surface area contributed by atoms with Gasteiger partial charge >= 0.3 is 5.97 Å². The molecule has 4 heteroatoms. The molecule has 0 bridgehead atoms. The number of fused-ring (bicyclic) bond motifs is 1. The summed E-state index contributed by atoms with van der Waals surface area (Å²) in [6, 6.07) is 7.71. The quantitative estimate of drug-likeness (QED) is 0.866. The lowest BCUT2D eigenvalue weighted by Gasteiger charge is -2.38. The van der Waals surface area contributed by atoms with Gasteiger partial charge in [0.25, 0.3) is 0 Å². The van der Waals surface area contributed by atoms with Crippen molar-refractivity contribution in [1.82, 2.24) is 4.90 Å². The second kappa shape index (κ2) is 5.94. The maximum absolute atomic E-state index is 11.5. The van der Waals surface area contributed by atoms with Crippen LogP contribution in [0.25, 0.3) is 0 Å². The molecular weight excluding hydrogens is 254 g/mol. The van der Waals surface area contributed by atoms with E-state index in [0.29, 0.717) is 32.5 Å². The monoisotopic (exact) mass is 277 g/mol. The highest BCUT2D eigenvalue weighted by molar-refractivity contribution is 5.77. The number of hydrogen-bond donors (Lipinski definition) is 2. The van der Waals surface area contributed by atoms with Gasteiger partial charge in [0.2, 0.25) is 0 Å². The Hall–Kier alpha value is -1.39. The zero-order chi connectivity index (χ0) is 14.8. The molecule has 1 aromatic rings. The van der Waals surface area contributed by atoms with Crippen molar-refractivity contribution in [3.8, 4) is 0 Å². The van der Waals surface area contributed by atoms with Gasteiger partial charge < -0.3 is 10.2 Å².